The average molecular weight is 234 g/mol. The van der Waals surface area contributed by atoms with Crippen LogP contribution < -0.4 is 0 Å². The van der Waals surface area contributed by atoms with Gasteiger partial charge in [0.1, 0.15) is 0 Å². The lowest BCUT2D eigenvalue weighted by molar-refractivity contribution is -0.137. The van der Waals surface area contributed by atoms with Gasteiger partial charge in [0, 0.05) is 7.11 Å². The number of aliphatic carboxylic acids is 1. The Hall–Kier alpha value is -0.720. The number of hydrogen-bond donors (Lipinski definition) is 1. The lowest BCUT2D eigenvalue weighted by Gasteiger charge is -2.08. The first-order valence-electron chi connectivity index (χ1n) is 3.82. The molecule has 6 heteroatoms. The van der Waals surface area contributed by atoms with Crippen molar-refractivity contribution < 1.29 is 18.8 Å². The van der Waals surface area contributed by atoms with Crippen LogP contribution in [0.4, 0.5) is 0 Å². The van der Waals surface area contributed by atoms with Crippen LogP contribution in [0.15, 0.2) is 21.7 Å². The first-order chi connectivity index (χ1) is 6.66. The van der Waals surface area contributed by atoms with Crippen molar-refractivity contribution in [1.29, 1.82) is 0 Å². The van der Waals surface area contributed by atoms with Crippen molar-refractivity contribution in [3.63, 3.8) is 0 Å². The third kappa shape index (κ3) is 2.63. The number of thiophene rings is 1. The summed E-state index contributed by atoms with van der Waals surface area (Å²) in [6.45, 7) is -0.0418. The van der Waals surface area contributed by atoms with Gasteiger partial charge >= 0.3 is 5.97 Å². The van der Waals surface area contributed by atoms with Crippen LogP contribution in [-0.4, -0.2) is 34.3 Å². The number of rotatable bonds is 5. The van der Waals surface area contributed by atoms with Crippen molar-refractivity contribution in [3.8, 4) is 0 Å². The zero-order chi connectivity index (χ0) is 10.6. The molecule has 0 aromatic carbocycles. The molecule has 0 aliphatic carbocycles. The van der Waals surface area contributed by atoms with E-state index in [2.05, 4.69) is 0 Å². The largest absolute Gasteiger partial charge is 0.480 e. The smallest absolute Gasteiger partial charge is 0.322 e. The average Bonchev–Trinajstić information content (AvgIpc) is 2.65. The van der Waals surface area contributed by atoms with Crippen molar-refractivity contribution in [2.45, 2.75) is 9.46 Å². The summed E-state index contributed by atoms with van der Waals surface area (Å²) in [6, 6.07) is 3.40. The summed E-state index contributed by atoms with van der Waals surface area (Å²) in [5, 5.41) is 9.58. The molecular formula is C8H10O4S2. The Balaban J connectivity index is 2.79. The first-order valence-corrected chi connectivity index (χ1v) is 5.92. The highest BCUT2D eigenvalue weighted by Crippen LogP contribution is 2.17. The summed E-state index contributed by atoms with van der Waals surface area (Å²) in [5.74, 6) is -1.10. The maximum atomic E-state index is 11.7. The minimum Gasteiger partial charge on any atom is -0.480 e. The van der Waals surface area contributed by atoms with Gasteiger partial charge in [-0.2, -0.15) is 0 Å². The molecule has 1 aromatic heterocycles. The molecule has 0 amide bonds. The van der Waals surface area contributed by atoms with Gasteiger partial charge in [0.05, 0.1) is 21.6 Å². The fourth-order valence-corrected chi connectivity index (χ4v) is 3.17. The van der Waals surface area contributed by atoms with E-state index in [-0.39, 0.29) is 6.61 Å². The van der Waals surface area contributed by atoms with Gasteiger partial charge in [0.2, 0.25) is 0 Å². The molecule has 0 saturated carbocycles. The molecule has 0 radical (unpaired) electrons. The highest BCUT2D eigenvalue weighted by molar-refractivity contribution is 7.88. The van der Waals surface area contributed by atoms with Crippen LogP contribution in [0, 0.1) is 0 Å². The van der Waals surface area contributed by atoms with Gasteiger partial charge < -0.3 is 9.84 Å². The Kier molecular flexibility index (Phi) is 4.24. The molecule has 0 aliphatic heterocycles. The molecule has 78 valence electrons. The Morgan fingerprint density at radius 3 is 2.93 bits per heavy atom. The molecule has 1 N–H and O–H groups in total. The predicted molar refractivity (Wildman–Crippen MR) is 54.0 cm³/mol. The summed E-state index contributed by atoms with van der Waals surface area (Å²) >= 11 is 1.28. The molecule has 1 aromatic rings. The summed E-state index contributed by atoms with van der Waals surface area (Å²) in [7, 11) is -0.136. The van der Waals surface area contributed by atoms with Crippen molar-refractivity contribution in [2.75, 3.05) is 13.7 Å². The van der Waals surface area contributed by atoms with E-state index in [1.807, 2.05) is 0 Å². The lowest BCUT2D eigenvalue weighted by Crippen LogP contribution is -2.29. The third-order valence-electron chi connectivity index (χ3n) is 1.55. The molecule has 4 nitrogen and oxygen atoms in total. The number of carboxylic acids is 1. The quantitative estimate of drug-likeness (QED) is 0.824. The molecule has 2 unspecified atom stereocenters. The molecule has 1 heterocycles. The van der Waals surface area contributed by atoms with Crippen LogP contribution in [0.25, 0.3) is 0 Å². The van der Waals surface area contributed by atoms with Gasteiger partial charge in [0.25, 0.3) is 0 Å². The third-order valence-corrected chi connectivity index (χ3v) is 4.38. The molecule has 14 heavy (non-hydrogen) atoms. The number of carboxylic acid groups (broad SMARTS) is 1. The van der Waals surface area contributed by atoms with E-state index in [0.29, 0.717) is 4.21 Å². The van der Waals surface area contributed by atoms with Crippen molar-refractivity contribution in [2.24, 2.45) is 0 Å². The Morgan fingerprint density at radius 2 is 2.50 bits per heavy atom. The van der Waals surface area contributed by atoms with Crippen LogP contribution >= 0.6 is 11.3 Å². The molecule has 0 bridgehead atoms. The second-order valence-electron chi connectivity index (χ2n) is 2.51. The minimum absolute atomic E-state index is 0.0418. The first kappa shape index (κ1) is 11.4. The zero-order valence-electron chi connectivity index (χ0n) is 7.50. The predicted octanol–water partition coefficient (Wildman–Crippen LogP) is 0.955. The minimum atomic E-state index is -1.53. The van der Waals surface area contributed by atoms with Crippen molar-refractivity contribution >= 4 is 28.1 Å². The number of hydrogen-bond acceptors (Lipinski definition) is 4. The molecule has 0 fully saturated rings. The Labute approximate surface area is 88.0 Å². The van der Waals surface area contributed by atoms with Crippen molar-refractivity contribution in [1.82, 2.24) is 0 Å². The molecule has 0 aliphatic rings. The summed E-state index contributed by atoms with van der Waals surface area (Å²) < 4.78 is 17.0. The Bertz CT molecular complexity index is 320. The van der Waals surface area contributed by atoms with Gasteiger partial charge in [-0.15, -0.1) is 11.3 Å². The maximum Gasteiger partial charge on any atom is 0.322 e. The molecule has 2 atom stereocenters. The van der Waals surface area contributed by atoms with Gasteiger partial charge in [-0.25, -0.2) is 0 Å². The van der Waals surface area contributed by atoms with Crippen LogP contribution in [-0.2, 0) is 20.3 Å². The van der Waals surface area contributed by atoms with E-state index in [1.54, 1.807) is 17.5 Å². The van der Waals surface area contributed by atoms with Crippen LogP contribution in [0.3, 0.4) is 0 Å². The highest BCUT2D eigenvalue weighted by atomic mass is 32.2. The number of methoxy groups -OCH3 is 1. The monoisotopic (exact) mass is 234 g/mol. The fourth-order valence-electron chi connectivity index (χ4n) is 0.894. The lowest BCUT2D eigenvalue weighted by atomic mass is 10.5. The molecule has 1 rings (SSSR count). The maximum absolute atomic E-state index is 11.7. The number of ether oxygens (including phenoxy) is 1. The van der Waals surface area contributed by atoms with Crippen molar-refractivity contribution in [3.05, 3.63) is 17.5 Å². The van der Waals surface area contributed by atoms with E-state index in [1.165, 1.54) is 18.4 Å². The normalized spacial score (nSPS) is 14.9. The van der Waals surface area contributed by atoms with Crippen LogP contribution in [0.2, 0.25) is 0 Å². The Morgan fingerprint density at radius 1 is 1.79 bits per heavy atom. The molecule has 0 spiro atoms. The summed E-state index contributed by atoms with van der Waals surface area (Å²) in [6.07, 6.45) is 0. The molecule has 0 saturated heterocycles. The van der Waals surface area contributed by atoms with Gasteiger partial charge in [-0.1, -0.05) is 6.07 Å². The van der Waals surface area contributed by atoms with Gasteiger partial charge in [-0.05, 0) is 11.4 Å². The zero-order valence-corrected chi connectivity index (χ0v) is 9.14. The van der Waals surface area contributed by atoms with E-state index < -0.39 is 22.0 Å². The summed E-state index contributed by atoms with van der Waals surface area (Å²) in [4.78, 5) is 10.8. The van der Waals surface area contributed by atoms with E-state index in [0.717, 1.165) is 0 Å². The molecular weight excluding hydrogens is 224 g/mol. The van der Waals surface area contributed by atoms with Gasteiger partial charge in [-0.3, -0.25) is 9.00 Å². The fraction of sp³-hybridized carbons (Fsp3) is 0.375. The van der Waals surface area contributed by atoms with E-state index >= 15 is 0 Å². The van der Waals surface area contributed by atoms with Crippen LogP contribution in [0.1, 0.15) is 0 Å². The van der Waals surface area contributed by atoms with Crippen LogP contribution in [0.5, 0.6) is 0 Å². The second kappa shape index (κ2) is 5.23. The van der Waals surface area contributed by atoms with Gasteiger partial charge in [0.15, 0.2) is 5.25 Å². The van der Waals surface area contributed by atoms with E-state index in [9.17, 15) is 9.00 Å². The SMILES string of the molecule is COCC(C(=O)O)S(=O)c1cccs1. The van der Waals surface area contributed by atoms with E-state index in [4.69, 9.17) is 9.84 Å². The second-order valence-corrected chi connectivity index (χ2v) is 5.32. The standard InChI is InChI=1S/C8H10O4S2/c1-12-5-6(8(9)10)14(11)7-3-2-4-13-7/h2-4,6H,5H2,1H3,(H,9,10). The summed E-state index contributed by atoms with van der Waals surface area (Å²) in [5.41, 5.74) is 0. The topological polar surface area (TPSA) is 63.6 Å². The highest BCUT2D eigenvalue weighted by Gasteiger charge is 2.26. The number of carbonyl (C=O) groups is 1.